The van der Waals surface area contributed by atoms with E-state index in [1.807, 2.05) is 0 Å². The second kappa shape index (κ2) is 10.1. The molecule has 0 saturated heterocycles. The zero-order valence-electron chi connectivity index (χ0n) is 13.0. The lowest BCUT2D eigenvalue weighted by atomic mass is 10.0. The van der Waals surface area contributed by atoms with Crippen molar-refractivity contribution in [2.45, 2.75) is 71.3 Å². The van der Waals surface area contributed by atoms with Crippen LogP contribution in [0.5, 0.6) is 0 Å². The Labute approximate surface area is 135 Å². The summed E-state index contributed by atoms with van der Waals surface area (Å²) in [5.74, 6) is -1.06. The van der Waals surface area contributed by atoms with E-state index in [2.05, 4.69) is 35.1 Å². The molecule has 0 atom stereocenters. The van der Waals surface area contributed by atoms with E-state index < -0.39 is 11.6 Å². The van der Waals surface area contributed by atoms with Crippen molar-refractivity contribution in [2.75, 3.05) is 5.32 Å². The van der Waals surface area contributed by atoms with Crippen molar-refractivity contribution in [1.29, 1.82) is 0 Å². The molecule has 0 heterocycles. The van der Waals surface area contributed by atoms with Crippen LogP contribution in [0.2, 0.25) is 0 Å². The molecule has 1 N–H and O–H groups in total. The van der Waals surface area contributed by atoms with Gasteiger partial charge in [-0.25, -0.2) is 8.78 Å². The van der Waals surface area contributed by atoms with Crippen molar-refractivity contribution >= 4 is 21.6 Å². The van der Waals surface area contributed by atoms with Gasteiger partial charge in [-0.1, -0.05) is 68.3 Å². The van der Waals surface area contributed by atoms with Gasteiger partial charge in [0.1, 0.15) is 17.3 Å². The first-order chi connectivity index (χ1) is 10.1. The van der Waals surface area contributed by atoms with E-state index in [1.54, 1.807) is 0 Å². The maximum absolute atomic E-state index is 13.9. The van der Waals surface area contributed by atoms with Crippen molar-refractivity contribution in [1.82, 2.24) is 0 Å². The Hall–Kier alpha value is -0.640. The van der Waals surface area contributed by atoms with Crippen molar-refractivity contribution in [3.63, 3.8) is 0 Å². The second-order valence-electron chi connectivity index (χ2n) is 5.58. The van der Waals surface area contributed by atoms with Crippen molar-refractivity contribution in [3.05, 3.63) is 28.2 Å². The monoisotopic (exact) mass is 361 g/mol. The summed E-state index contributed by atoms with van der Waals surface area (Å²) >= 11 is 3.11. The van der Waals surface area contributed by atoms with Gasteiger partial charge >= 0.3 is 0 Å². The first-order valence-corrected chi connectivity index (χ1v) is 8.78. The van der Waals surface area contributed by atoms with Crippen molar-refractivity contribution in [3.8, 4) is 0 Å². The predicted octanol–water partition coefficient (Wildman–Crippen LogP) is 6.67. The maximum Gasteiger partial charge on any atom is 0.150 e. The summed E-state index contributed by atoms with van der Waals surface area (Å²) in [6.07, 6.45) is 8.76. The molecule has 0 aliphatic rings. The highest BCUT2D eigenvalue weighted by Gasteiger charge is 2.15. The number of rotatable bonds is 10. The van der Waals surface area contributed by atoms with Gasteiger partial charge in [-0.05, 0) is 25.0 Å². The fourth-order valence-corrected chi connectivity index (χ4v) is 2.86. The van der Waals surface area contributed by atoms with Crippen LogP contribution in [0.4, 0.5) is 14.5 Å². The lowest BCUT2D eigenvalue weighted by molar-refractivity contribution is 0.515. The molecule has 0 amide bonds. The van der Waals surface area contributed by atoms with E-state index in [-0.39, 0.29) is 11.7 Å². The highest BCUT2D eigenvalue weighted by molar-refractivity contribution is 9.10. The molecule has 0 radical (unpaired) electrons. The standard InChI is InChI=1S/C17H26BrF2N/c1-3-5-7-9-14(10-8-6-4-2)21-17-15(19)11-13(18)12-16(17)20/h11-12,14,21H,3-10H2,1-2H3. The molecule has 0 aliphatic carbocycles. The van der Waals surface area contributed by atoms with E-state index >= 15 is 0 Å². The molecule has 0 saturated carbocycles. The molecule has 1 aromatic carbocycles. The van der Waals surface area contributed by atoms with Gasteiger partial charge in [0.05, 0.1) is 0 Å². The van der Waals surface area contributed by atoms with Gasteiger partial charge in [-0.15, -0.1) is 0 Å². The minimum atomic E-state index is -0.530. The van der Waals surface area contributed by atoms with Crippen LogP contribution in [-0.4, -0.2) is 6.04 Å². The highest BCUT2D eigenvalue weighted by atomic mass is 79.9. The molecule has 1 rings (SSSR count). The van der Waals surface area contributed by atoms with Crippen LogP contribution in [0.3, 0.4) is 0 Å². The summed E-state index contributed by atoms with van der Waals surface area (Å²) in [6.45, 7) is 4.32. The van der Waals surface area contributed by atoms with E-state index in [0.717, 1.165) is 51.4 Å². The Morgan fingerprint density at radius 1 is 0.952 bits per heavy atom. The normalized spacial score (nSPS) is 11.1. The first kappa shape index (κ1) is 18.4. The molecule has 0 aliphatic heterocycles. The number of hydrogen-bond donors (Lipinski definition) is 1. The molecule has 4 heteroatoms. The zero-order valence-corrected chi connectivity index (χ0v) is 14.6. The number of halogens is 3. The molecule has 1 nitrogen and oxygen atoms in total. The highest BCUT2D eigenvalue weighted by Crippen LogP contribution is 2.26. The quantitative estimate of drug-likeness (QED) is 0.459. The van der Waals surface area contributed by atoms with Crippen molar-refractivity contribution < 1.29 is 8.78 Å². The van der Waals surface area contributed by atoms with Gasteiger partial charge in [0, 0.05) is 10.5 Å². The molecule has 0 fully saturated rings. The smallest absolute Gasteiger partial charge is 0.150 e. The fourth-order valence-electron chi connectivity index (χ4n) is 2.45. The average molecular weight is 362 g/mol. The Bertz CT molecular complexity index is 390. The minimum absolute atomic E-state index is 0.0104. The van der Waals surface area contributed by atoms with Gasteiger partial charge in [0.25, 0.3) is 0 Å². The molecule has 1 aromatic rings. The van der Waals surface area contributed by atoms with Gasteiger partial charge in [-0.2, -0.15) is 0 Å². The molecule has 120 valence electrons. The van der Waals surface area contributed by atoms with Crippen LogP contribution in [0, 0.1) is 11.6 Å². The Kier molecular flexibility index (Phi) is 8.90. The SMILES string of the molecule is CCCCCC(CCCCC)Nc1c(F)cc(Br)cc1F. The van der Waals surface area contributed by atoms with E-state index in [4.69, 9.17) is 0 Å². The van der Waals surface area contributed by atoms with Crippen LogP contribution in [-0.2, 0) is 0 Å². The summed E-state index contributed by atoms with van der Waals surface area (Å²) in [6, 6.07) is 2.76. The Balaban J connectivity index is 2.69. The summed E-state index contributed by atoms with van der Waals surface area (Å²) in [5, 5.41) is 3.09. The predicted molar refractivity (Wildman–Crippen MR) is 89.8 cm³/mol. The molecular formula is C17H26BrF2N. The third-order valence-electron chi connectivity index (χ3n) is 3.67. The van der Waals surface area contributed by atoms with Gasteiger partial charge in [0.2, 0.25) is 0 Å². The molecular weight excluding hydrogens is 336 g/mol. The number of nitrogens with one attached hydrogen (secondary N) is 1. The van der Waals surface area contributed by atoms with Gasteiger partial charge in [-0.3, -0.25) is 0 Å². The summed E-state index contributed by atoms with van der Waals surface area (Å²) < 4.78 is 28.3. The van der Waals surface area contributed by atoms with E-state index in [0.29, 0.717) is 4.47 Å². The second-order valence-corrected chi connectivity index (χ2v) is 6.49. The van der Waals surface area contributed by atoms with Crippen LogP contribution < -0.4 is 5.32 Å². The van der Waals surface area contributed by atoms with Crippen LogP contribution >= 0.6 is 15.9 Å². The number of hydrogen-bond acceptors (Lipinski definition) is 1. The summed E-state index contributed by atoms with van der Waals surface area (Å²) in [4.78, 5) is 0. The number of benzene rings is 1. The zero-order chi connectivity index (χ0) is 15.7. The Morgan fingerprint density at radius 3 is 1.86 bits per heavy atom. The van der Waals surface area contributed by atoms with Crippen LogP contribution in [0.15, 0.2) is 16.6 Å². The lowest BCUT2D eigenvalue weighted by Crippen LogP contribution is -2.21. The molecule has 0 unspecified atom stereocenters. The molecule has 0 spiro atoms. The minimum Gasteiger partial charge on any atom is -0.378 e. The van der Waals surface area contributed by atoms with E-state index in [9.17, 15) is 8.78 Å². The van der Waals surface area contributed by atoms with E-state index in [1.165, 1.54) is 12.1 Å². The number of anilines is 1. The molecule has 0 aromatic heterocycles. The lowest BCUT2D eigenvalue weighted by Gasteiger charge is -2.21. The van der Waals surface area contributed by atoms with Crippen LogP contribution in [0.1, 0.15) is 65.2 Å². The van der Waals surface area contributed by atoms with Gasteiger partial charge < -0.3 is 5.32 Å². The summed E-state index contributed by atoms with van der Waals surface area (Å²) in [5.41, 5.74) is 0.0104. The first-order valence-electron chi connectivity index (χ1n) is 7.99. The maximum atomic E-state index is 13.9. The number of unbranched alkanes of at least 4 members (excludes halogenated alkanes) is 4. The largest absolute Gasteiger partial charge is 0.378 e. The third kappa shape index (κ3) is 6.77. The third-order valence-corrected chi connectivity index (χ3v) is 4.13. The molecule has 0 bridgehead atoms. The fraction of sp³-hybridized carbons (Fsp3) is 0.647. The topological polar surface area (TPSA) is 12.0 Å². The van der Waals surface area contributed by atoms with Crippen LogP contribution in [0.25, 0.3) is 0 Å². The Morgan fingerprint density at radius 2 is 1.43 bits per heavy atom. The average Bonchev–Trinajstić information content (AvgIpc) is 2.42. The summed E-state index contributed by atoms with van der Waals surface area (Å²) in [7, 11) is 0. The van der Waals surface area contributed by atoms with Crippen molar-refractivity contribution in [2.24, 2.45) is 0 Å². The van der Waals surface area contributed by atoms with Gasteiger partial charge in [0.15, 0.2) is 0 Å². The molecule has 21 heavy (non-hydrogen) atoms.